The first-order valence-electron chi connectivity index (χ1n) is 11.1. The van der Waals surface area contributed by atoms with Crippen molar-refractivity contribution in [3.8, 4) is 17.0 Å². The first-order valence-corrected chi connectivity index (χ1v) is 11.1. The zero-order chi connectivity index (χ0) is 23.3. The van der Waals surface area contributed by atoms with Crippen molar-refractivity contribution in [3.05, 3.63) is 120 Å². The quantitative estimate of drug-likeness (QED) is 0.348. The minimum atomic E-state index is -0.142. The minimum Gasteiger partial charge on any atom is -0.508 e. The van der Waals surface area contributed by atoms with Gasteiger partial charge < -0.3 is 10.4 Å². The highest BCUT2D eigenvalue weighted by atomic mass is 16.3. The van der Waals surface area contributed by atoms with Crippen molar-refractivity contribution >= 4 is 22.5 Å². The lowest BCUT2D eigenvalue weighted by molar-refractivity contribution is -0.115. The zero-order valence-corrected chi connectivity index (χ0v) is 18.5. The first kappa shape index (κ1) is 21.3. The van der Waals surface area contributed by atoms with Crippen molar-refractivity contribution < 1.29 is 9.90 Å². The van der Waals surface area contributed by atoms with Gasteiger partial charge in [0.15, 0.2) is 5.82 Å². The Kier molecular flexibility index (Phi) is 5.99. The fourth-order valence-corrected chi connectivity index (χ4v) is 3.93. The summed E-state index contributed by atoms with van der Waals surface area (Å²) in [4.78, 5) is 22.3. The van der Waals surface area contributed by atoms with Crippen LogP contribution in [0.4, 0.5) is 5.82 Å². The number of nitrogens with zero attached hydrogens (tertiary/aromatic N) is 2. The van der Waals surface area contributed by atoms with E-state index < -0.39 is 0 Å². The maximum atomic E-state index is 12.9. The molecular weight excluding hydrogens is 422 g/mol. The van der Waals surface area contributed by atoms with E-state index >= 15 is 0 Å². The molecule has 0 unspecified atom stereocenters. The molecule has 0 saturated heterocycles. The Morgan fingerprint density at radius 2 is 1.53 bits per heavy atom. The number of benzene rings is 4. The Labute approximate surface area is 197 Å². The molecule has 5 nitrogen and oxygen atoms in total. The summed E-state index contributed by atoms with van der Waals surface area (Å²) < 4.78 is 0. The van der Waals surface area contributed by atoms with Gasteiger partial charge >= 0.3 is 0 Å². The van der Waals surface area contributed by atoms with Gasteiger partial charge in [-0.05, 0) is 46.2 Å². The standard InChI is InChI=1S/C29H23N3O2/c33-25-14-12-23(13-15-25)27-19-30-29(26(31-27)17-20-6-2-1-3-7-20)32-28(34)18-21-10-11-22-8-4-5-9-24(22)16-21/h1-16,19,33H,17-18H2,(H,30,32,34). The first-order chi connectivity index (χ1) is 16.6. The smallest absolute Gasteiger partial charge is 0.229 e. The van der Waals surface area contributed by atoms with Gasteiger partial charge in [-0.15, -0.1) is 0 Å². The number of aromatic nitrogens is 2. The zero-order valence-electron chi connectivity index (χ0n) is 18.5. The van der Waals surface area contributed by atoms with Crippen LogP contribution in [0.25, 0.3) is 22.0 Å². The number of nitrogens with one attached hydrogen (secondary N) is 1. The normalized spacial score (nSPS) is 10.8. The third-order valence-electron chi connectivity index (χ3n) is 5.66. The maximum Gasteiger partial charge on any atom is 0.229 e. The molecule has 0 fully saturated rings. The van der Waals surface area contributed by atoms with Crippen LogP contribution in [0.2, 0.25) is 0 Å². The number of phenols is 1. The number of rotatable bonds is 6. The SMILES string of the molecule is O=C(Cc1ccc2ccccc2c1)Nc1ncc(-c2ccc(O)cc2)nc1Cc1ccccc1. The molecule has 1 heterocycles. The Hall–Kier alpha value is -4.51. The highest BCUT2D eigenvalue weighted by Gasteiger charge is 2.14. The van der Waals surface area contributed by atoms with E-state index in [0.717, 1.165) is 27.5 Å². The van der Waals surface area contributed by atoms with E-state index in [2.05, 4.69) is 16.4 Å². The number of phenolic OH excluding ortho intramolecular Hbond substituents is 1. The van der Waals surface area contributed by atoms with Crippen molar-refractivity contribution in [2.75, 3.05) is 5.32 Å². The molecule has 0 aliphatic rings. The van der Waals surface area contributed by atoms with E-state index in [4.69, 9.17) is 4.98 Å². The van der Waals surface area contributed by atoms with Crippen molar-refractivity contribution in [2.45, 2.75) is 12.8 Å². The second kappa shape index (κ2) is 9.55. The largest absolute Gasteiger partial charge is 0.508 e. The number of aromatic hydroxyl groups is 1. The summed E-state index contributed by atoms with van der Waals surface area (Å²) in [6, 6.07) is 30.9. The van der Waals surface area contributed by atoms with Gasteiger partial charge in [-0.25, -0.2) is 9.97 Å². The molecule has 0 saturated carbocycles. The van der Waals surface area contributed by atoms with Crippen LogP contribution in [0, 0.1) is 0 Å². The van der Waals surface area contributed by atoms with Crippen LogP contribution < -0.4 is 5.32 Å². The number of carbonyl (C=O) groups is 1. The van der Waals surface area contributed by atoms with Crippen LogP contribution >= 0.6 is 0 Å². The van der Waals surface area contributed by atoms with Crippen LogP contribution in [0.1, 0.15) is 16.8 Å². The summed E-state index contributed by atoms with van der Waals surface area (Å²) >= 11 is 0. The Morgan fingerprint density at radius 3 is 2.32 bits per heavy atom. The van der Waals surface area contributed by atoms with Gasteiger partial charge in [0.2, 0.25) is 5.91 Å². The molecule has 5 aromatic rings. The molecule has 5 heteroatoms. The molecule has 166 valence electrons. The van der Waals surface area contributed by atoms with E-state index in [1.807, 2.05) is 66.7 Å². The Bertz CT molecular complexity index is 1450. The van der Waals surface area contributed by atoms with Crippen molar-refractivity contribution in [3.63, 3.8) is 0 Å². The second-order valence-corrected chi connectivity index (χ2v) is 8.17. The third-order valence-corrected chi connectivity index (χ3v) is 5.66. The summed E-state index contributed by atoms with van der Waals surface area (Å²) in [5.74, 6) is 0.507. The van der Waals surface area contributed by atoms with Crippen LogP contribution in [-0.2, 0) is 17.6 Å². The molecule has 4 aromatic carbocycles. The number of hydrogen-bond donors (Lipinski definition) is 2. The van der Waals surface area contributed by atoms with Crippen molar-refractivity contribution in [1.82, 2.24) is 9.97 Å². The highest BCUT2D eigenvalue weighted by Crippen LogP contribution is 2.24. The molecule has 34 heavy (non-hydrogen) atoms. The van der Waals surface area contributed by atoms with Gasteiger partial charge in [-0.3, -0.25) is 4.79 Å². The van der Waals surface area contributed by atoms with E-state index in [1.54, 1.807) is 30.5 Å². The average molecular weight is 446 g/mol. The number of fused-ring (bicyclic) bond motifs is 1. The summed E-state index contributed by atoms with van der Waals surface area (Å²) in [5.41, 5.74) is 4.22. The number of hydrogen-bond acceptors (Lipinski definition) is 4. The van der Waals surface area contributed by atoms with Gasteiger partial charge in [-0.1, -0.05) is 72.8 Å². The molecule has 1 aromatic heterocycles. The van der Waals surface area contributed by atoms with Gasteiger partial charge in [-0.2, -0.15) is 0 Å². The van der Waals surface area contributed by atoms with Crippen molar-refractivity contribution in [2.24, 2.45) is 0 Å². The summed E-state index contributed by atoms with van der Waals surface area (Å²) in [6.07, 6.45) is 2.43. The van der Waals surface area contributed by atoms with E-state index in [-0.39, 0.29) is 18.1 Å². The maximum absolute atomic E-state index is 12.9. The van der Waals surface area contributed by atoms with E-state index in [0.29, 0.717) is 23.6 Å². The molecule has 5 rings (SSSR count). The van der Waals surface area contributed by atoms with Gasteiger partial charge in [0, 0.05) is 12.0 Å². The predicted molar refractivity (Wildman–Crippen MR) is 135 cm³/mol. The Morgan fingerprint density at radius 1 is 0.794 bits per heavy atom. The summed E-state index contributed by atoms with van der Waals surface area (Å²) in [7, 11) is 0. The molecule has 0 atom stereocenters. The van der Waals surface area contributed by atoms with Crippen LogP contribution in [-0.4, -0.2) is 21.0 Å². The number of carbonyl (C=O) groups excluding carboxylic acids is 1. The number of anilines is 1. The topological polar surface area (TPSA) is 75.1 Å². The molecule has 0 aliphatic heterocycles. The summed E-state index contributed by atoms with van der Waals surface area (Å²) in [5, 5.41) is 14.8. The lowest BCUT2D eigenvalue weighted by Crippen LogP contribution is -2.17. The average Bonchev–Trinajstić information content (AvgIpc) is 2.86. The fraction of sp³-hybridized carbons (Fsp3) is 0.0690. The van der Waals surface area contributed by atoms with Crippen LogP contribution in [0.5, 0.6) is 5.75 Å². The molecule has 0 radical (unpaired) electrons. The van der Waals surface area contributed by atoms with E-state index in [9.17, 15) is 9.90 Å². The van der Waals surface area contributed by atoms with Gasteiger partial charge in [0.05, 0.1) is 24.0 Å². The molecular formula is C29H23N3O2. The minimum absolute atomic E-state index is 0.142. The van der Waals surface area contributed by atoms with Gasteiger partial charge in [0.1, 0.15) is 5.75 Å². The van der Waals surface area contributed by atoms with E-state index in [1.165, 1.54) is 0 Å². The molecule has 0 bridgehead atoms. The van der Waals surface area contributed by atoms with Gasteiger partial charge in [0.25, 0.3) is 0 Å². The fourth-order valence-electron chi connectivity index (χ4n) is 3.93. The number of amides is 1. The lowest BCUT2D eigenvalue weighted by atomic mass is 10.0. The lowest BCUT2D eigenvalue weighted by Gasteiger charge is -2.12. The van der Waals surface area contributed by atoms with Crippen molar-refractivity contribution in [1.29, 1.82) is 0 Å². The monoisotopic (exact) mass is 445 g/mol. The molecule has 1 amide bonds. The molecule has 0 aliphatic carbocycles. The predicted octanol–water partition coefficient (Wildman–Crippen LogP) is 5.77. The molecule has 0 spiro atoms. The second-order valence-electron chi connectivity index (χ2n) is 8.17. The highest BCUT2D eigenvalue weighted by molar-refractivity contribution is 5.93. The van der Waals surface area contributed by atoms with Crippen LogP contribution in [0.15, 0.2) is 103 Å². The summed E-state index contributed by atoms with van der Waals surface area (Å²) in [6.45, 7) is 0. The molecule has 2 N–H and O–H groups in total. The van der Waals surface area contributed by atoms with Crippen LogP contribution in [0.3, 0.4) is 0 Å². The third kappa shape index (κ3) is 4.94. The Balaban J connectivity index is 1.41.